The Morgan fingerprint density at radius 1 is 1.29 bits per heavy atom. The van der Waals surface area contributed by atoms with Crippen molar-refractivity contribution in [2.75, 3.05) is 38.5 Å². The maximum Gasteiger partial charge on any atom is 0.230 e. The third-order valence-corrected chi connectivity index (χ3v) is 6.54. The topological polar surface area (TPSA) is 44.4 Å². The molecule has 2 fully saturated rings. The molecular formula is C19H29N3OS. The van der Waals surface area contributed by atoms with Crippen LogP contribution in [0.3, 0.4) is 0 Å². The summed E-state index contributed by atoms with van der Waals surface area (Å²) in [4.78, 5) is 14.3. The Balaban J connectivity index is 1.67. The van der Waals surface area contributed by atoms with E-state index in [1.807, 2.05) is 0 Å². The average Bonchev–Trinajstić information content (AvgIpc) is 3.02. The van der Waals surface area contributed by atoms with Gasteiger partial charge in [0, 0.05) is 32.1 Å². The first-order chi connectivity index (χ1) is 11.6. The zero-order valence-corrected chi connectivity index (χ0v) is 15.6. The fourth-order valence-electron chi connectivity index (χ4n) is 3.74. The lowest BCUT2D eigenvalue weighted by Gasteiger charge is -2.29. The van der Waals surface area contributed by atoms with Crippen LogP contribution in [0.2, 0.25) is 0 Å². The first kappa shape index (κ1) is 17.8. The molecule has 2 aliphatic heterocycles. The molecule has 2 atom stereocenters. The highest BCUT2D eigenvalue weighted by atomic mass is 32.2. The number of carbonyl (C=O) groups excluding carboxylic acids is 1. The van der Waals surface area contributed by atoms with E-state index in [0.717, 1.165) is 39.1 Å². The molecule has 2 saturated heterocycles. The van der Waals surface area contributed by atoms with Crippen molar-refractivity contribution in [1.82, 2.24) is 15.5 Å². The minimum absolute atomic E-state index is 0.183. The van der Waals surface area contributed by atoms with Gasteiger partial charge >= 0.3 is 0 Å². The van der Waals surface area contributed by atoms with E-state index in [1.54, 1.807) is 11.8 Å². The van der Waals surface area contributed by atoms with Gasteiger partial charge in [0.25, 0.3) is 0 Å². The van der Waals surface area contributed by atoms with E-state index < -0.39 is 0 Å². The SMILES string of the molecule is Cc1cccc(C(CCCN2CCNCC2)C2NC(=O)CS2)c1C. The molecule has 2 heterocycles. The zero-order valence-electron chi connectivity index (χ0n) is 14.8. The first-order valence-corrected chi connectivity index (χ1v) is 10.1. The van der Waals surface area contributed by atoms with Crippen LogP contribution in [-0.4, -0.2) is 54.7 Å². The molecule has 1 aromatic rings. The summed E-state index contributed by atoms with van der Waals surface area (Å²) in [5, 5.41) is 6.82. The van der Waals surface area contributed by atoms with Crippen LogP contribution >= 0.6 is 11.8 Å². The Bertz CT molecular complexity index is 572. The third-order valence-electron chi connectivity index (χ3n) is 5.31. The van der Waals surface area contributed by atoms with Crippen LogP contribution in [0.5, 0.6) is 0 Å². The van der Waals surface area contributed by atoms with Crippen molar-refractivity contribution in [3.8, 4) is 0 Å². The predicted octanol–water partition coefficient (Wildman–Crippen LogP) is 2.26. The van der Waals surface area contributed by atoms with Gasteiger partial charge in [0.15, 0.2) is 0 Å². The fraction of sp³-hybridized carbons (Fsp3) is 0.632. The number of carbonyl (C=O) groups is 1. The second-order valence-electron chi connectivity index (χ2n) is 6.93. The Labute approximate surface area is 149 Å². The average molecular weight is 348 g/mol. The number of hydrogen-bond donors (Lipinski definition) is 2. The number of piperazine rings is 1. The number of hydrogen-bond acceptors (Lipinski definition) is 4. The molecule has 0 bridgehead atoms. The second-order valence-corrected chi connectivity index (χ2v) is 8.06. The molecule has 4 nitrogen and oxygen atoms in total. The fourth-order valence-corrected chi connectivity index (χ4v) is 4.88. The van der Waals surface area contributed by atoms with Crippen molar-refractivity contribution in [2.24, 2.45) is 0 Å². The van der Waals surface area contributed by atoms with Crippen LogP contribution in [-0.2, 0) is 4.79 Å². The largest absolute Gasteiger partial charge is 0.343 e. The van der Waals surface area contributed by atoms with Crippen LogP contribution in [0.1, 0.15) is 35.4 Å². The Morgan fingerprint density at radius 3 is 2.79 bits per heavy atom. The number of nitrogens with zero attached hydrogens (tertiary/aromatic N) is 1. The Morgan fingerprint density at radius 2 is 2.08 bits per heavy atom. The maximum absolute atomic E-state index is 11.7. The van der Waals surface area contributed by atoms with E-state index in [1.165, 1.54) is 23.1 Å². The molecule has 3 rings (SSSR count). The van der Waals surface area contributed by atoms with E-state index in [-0.39, 0.29) is 11.3 Å². The predicted molar refractivity (Wildman–Crippen MR) is 102 cm³/mol. The third kappa shape index (κ3) is 4.32. The van der Waals surface area contributed by atoms with Crippen molar-refractivity contribution in [1.29, 1.82) is 0 Å². The Hall–Kier alpha value is -1.04. The summed E-state index contributed by atoms with van der Waals surface area (Å²) < 4.78 is 0. The highest BCUT2D eigenvalue weighted by molar-refractivity contribution is 8.01. The monoisotopic (exact) mass is 347 g/mol. The van der Waals surface area contributed by atoms with Crippen LogP contribution < -0.4 is 10.6 Å². The molecule has 2 N–H and O–H groups in total. The van der Waals surface area contributed by atoms with Crippen LogP contribution in [0.15, 0.2) is 18.2 Å². The molecular weight excluding hydrogens is 318 g/mol. The first-order valence-electron chi connectivity index (χ1n) is 9.05. The number of aryl methyl sites for hydroxylation is 1. The van der Waals surface area contributed by atoms with E-state index in [2.05, 4.69) is 47.6 Å². The highest BCUT2D eigenvalue weighted by Gasteiger charge is 2.31. The summed E-state index contributed by atoms with van der Waals surface area (Å²) >= 11 is 1.77. The summed E-state index contributed by atoms with van der Waals surface area (Å²) in [5.41, 5.74) is 4.13. The summed E-state index contributed by atoms with van der Waals surface area (Å²) in [6.07, 6.45) is 2.32. The van der Waals surface area contributed by atoms with Gasteiger partial charge in [-0.3, -0.25) is 4.79 Å². The molecule has 5 heteroatoms. The standard InChI is InChI=1S/C19H29N3OS/c1-14-5-3-6-16(15(14)2)17(19-21-18(23)13-24-19)7-4-10-22-11-8-20-9-12-22/h3,5-6,17,19-20H,4,7-13H2,1-2H3,(H,21,23). The molecule has 132 valence electrons. The van der Waals surface area contributed by atoms with Crippen LogP contribution in [0, 0.1) is 13.8 Å². The number of benzene rings is 1. The molecule has 2 aliphatic rings. The van der Waals surface area contributed by atoms with Gasteiger partial charge in [-0.2, -0.15) is 0 Å². The summed E-state index contributed by atoms with van der Waals surface area (Å²) in [6, 6.07) is 6.59. The maximum atomic E-state index is 11.7. The lowest BCUT2D eigenvalue weighted by Crippen LogP contribution is -2.43. The van der Waals surface area contributed by atoms with Gasteiger partial charge in [-0.05, 0) is 49.9 Å². The molecule has 1 amide bonds. The van der Waals surface area contributed by atoms with Gasteiger partial charge in [-0.15, -0.1) is 11.8 Å². The summed E-state index contributed by atoms with van der Waals surface area (Å²) in [6.45, 7) is 10.1. The molecule has 1 aromatic carbocycles. The second kappa shape index (κ2) is 8.37. The number of amides is 1. The minimum atomic E-state index is 0.183. The molecule has 2 unspecified atom stereocenters. The van der Waals surface area contributed by atoms with E-state index in [9.17, 15) is 4.79 Å². The van der Waals surface area contributed by atoms with Crippen LogP contribution in [0.25, 0.3) is 0 Å². The van der Waals surface area contributed by atoms with Crippen molar-refractivity contribution in [3.63, 3.8) is 0 Å². The Kier molecular flexibility index (Phi) is 6.19. The number of rotatable bonds is 6. The van der Waals surface area contributed by atoms with Crippen molar-refractivity contribution in [2.45, 2.75) is 38.0 Å². The molecule has 0 radical (unpaired) electrons. The minimum Gasteiger partial charge on any atom is -0.343 e. The van der Waals surface area contributed by atoms with Gasteiger partial charge in [0.1, 0.15) is 0 Å². The van der Waals surface area contributed by atoms with Gasteiger partial charge in [-0.1, -0.05) is 18.2 Å². The highest BCUT2D eigenvalue weighted by Crippen LogP contribution is 2.36. The number of thioether (sulfide) groups is 1. The number of nitrogens with one attached hydrogen (secondary N) is 2. The quantitative estimate of drug-likeness (QED) is 0.829. The molecule has 0 saturated carbocycles. The lowest BCUT2D eigenvalue weighted by molar-refractivity contribution is -0.118. The lowest BCUT2D eigenvalue weighted by atomic mass is 9.88. The van der Waals surface area contributed by atoms with Crippen LogP contribution in [0.4, 0.5) is 0 Å². The summed E-state index contributed by atoms with van der Waals surface area (Å²) in [7, 11) is 0. The van der Waals surface area contributed by atoms with Crippen molar-refractivity contribution in [3.05, 3.63) is 34.9 Å². The van der Waals surface area contributed by atoms with Crippen molar-refractivity contribution >= 4 is 17.7 Å². The molecule has 0 aromatic heterocycles. The van der Waals surface area contributed by atoms with Gasteiger partial charge in [-0.25, -0.2) is 0 Å². The van der Waals surface area contributed by atoms with Gasteiger partial charge in [0.2, 0.25) is 5.91 Å². The van der Waals surface area contributed by atoms with E-state index >= 15 is 0 Å². The van der Waals surface area contributed by atoms with E-state index in [4.69, 9.17) is 0 Å². The van der Waals surface area contributed by atoms with Crippen molar-refractivity contribution < 1.29 is 4.79 Å². The molecule has 24 heavy (non-hydrogen) atoms. The zero-order chi connectivity index (χ0) is 16.9. The molecule has 0 spiro atoms. The summed E-state index contributed by atoms with van der Waals surface area (Å²) in [5.74, 6) is 1.19. The van der Waals surface area contributed by atoms with Gasteiger partial charge < -0.3 is 15.5 Å². The van der Waals surface area contributed by atoms with E-state index in [0.29, 0.717) is 11.7 Å². The molecule has 0 aliphatic carbocycles. The van der Waals surface area contributed by atoms with Gasteiger partial charge in [0.05, 0.1) is 11.1 Å². The smallest absolute Gasteiger partial charge is 0.230 e. The normalized spacial score (nSPS) is 23.2.